The third kappa shape index (κ3) is 4.82. The van der Waals surface area contributed by atoms with Crippen LogP contribution in [0.15, 0.2) is 84.9 Å². The van der Waals surface area contributed by atoms with Crippen LogP contribution < -0.4 is 5.32 Å². The molecule has 0 aliphatic heterocycles. The molecule has 6 heteroatoms. The first kappa shape index (κ1) is 21.8. The molecule has 0 saturated heterocycles. The highest BCUT2D eigenvalue weighted by Gasteiger charge is 2.12. The molecule has 168 valence electrons. The lowest BCUT2D eigenvalue weighted by atomic mass is 10.0. The number of nitrogens with one attached hydrogen (secondary N) is 1. The van der Waals surface area contributed by atoms with Crippen LogP contribution in [0.2, 0.25) is 0 Å². The number of benzene rings is 4. The second kappa shape index (κ2) is 9.45. The molecule has 34 heavy (non-hydrogen) atoms. The Morgan fingerprint density at radius 3 is 2.56 bits per heavy atom. The summed E-state index contributed by atoms with van der Waals surface area (Å²) < 4.78 is 1.03. The number of Topliss-reactive ketones (excluding diaryl/α,β-unsaturated/α-hetero) is 1. The minimum absolute atomic E-state index is 0.0278. The van der Waals surface area contributed by atoms with Crippen molar-refractivity contribution in [1.82, 2.24) is 10.3 Å². The predicted octanol–water partition coefficient (Wildman–Crippen LogP) is 5.29. The van der Waals surface area contributed by atoms with E-state index < -0.39 is 0 Å². The van der Waals surface area contributed by atoms with Gasteiger partial charge in [-0.05, 0) is 40.3 Å². The summed E-state index contributed by atoms with van der Waals surface area (Å²) >= 11 is 1.50. The Labute approximate surface area is 200 Å². The fourth-order valence-electron chi connectivity index (χ4n) is 3.97. The van der Waals surface area contributed by atoms with Gasteiger partial charge in [0.25, 0.3) is 0 Å². The summed E-state index contributed by atoms with van der Waals surface area (Å²) in [5.74, 6) is -0.0856. The van der Waals surface area contributed by atoms with Gasteiger partial charge < -0.3 is 10.4 Å². The third-order valence-electron chi connectivity index (χ3n) is 5.66. The molecule has 0 saturated carbocycles. The number of carbonyl (C=O) groups excluding carboxylic acids is 2. The number of phenols is 1. The van der Waals surface area contributed by atoms with E-state index in [9.17, 15) is 14.7 Å². The first-order chi connectivity index (χ1) is 16.5. The van der Waals surface area contributed by atoms with Crippen molar-refractivity contribution in [3.05, 3.63) is 95.5 Å². The van der Waals surface area contributed by atoms with E-state index in [1.54, 1.807) is 12.1 Å². The number of aromatic hydroxyl groups is 1. The lowest BCUT2D eigenvalue weighted by Crippen LogP contribution is -2.31. The summed E-state index contributed by atoms with van der Waals surface area (Å²) in [5, 5.41) is 15.0. The molecule has 0 unspecified atom stereocenters. The van der Waals surface area contributed by atoms with E-state index in [1.165, 1.54) is 11.3 Å². The molecule has 0 aliphatic rings. The molecule has 0 radical (unpaired) electrons. The maximum atomic E-state index is 12.4. The highest BCUT2D eigenvalue weighted by molar-refractivity contribution is 7.18. The van der Waals surface area contributed by atoms with Crippen LogP contribution in [0.5, 0.6) is 5.75 Å². The molecule has 1 heterocycles. The quantitative estimate of drug-likeness (QED) is 0.341. The van der Waals surface area contributed by atoms with E-state index in [-0.39, 0.29) is 36.8 Å². The largest absolute Gasteiger partial charge is 0.507 e. The van der Waals surface area contributed by atoms with E-state index in [0.717, 1.165) is 42.7 Å². The van der Waals surface area contributed by atoms with Gasteiger partial charge in [0.1, 0.15) is 10.8 Å². The molecule has 4 aromatic carbocycles. The van der Waals surface area contributed by atoms with Crippen LogP contribution in [0.25, 0.3) is 32.1 Å². The number of carbonyl (C=O) groups is 2. The highest BCUT2D eigenvalue weighted by atomic mass is 32.1. The Morgan fingerprint density at radius 2 is 1.71 bits per heavy atom. The van der Waals surface area contributed by atoms with Gasteiger partial charge in [0, 0.05) is 11.8 Å². The van der Waals surface area contributed by atoms with E-state index >= 15 is 0 Å². The number of thiazole rings is 1. The minimum atomic E-state index is -0.223. The van der Waals surface area contributed by atoms with E-state index in [2.05, 4.69) is 28.5 Å². The van der Waals surface area contributed by atoms with Gasteiger partial charge in [-0.1, -0.05) is 66.7 Å². The predicted molar refractivity (Wildman–Crippen MR) is 136 cm³/mol. The lowest BCUT2D eigenvalue weighted by Gasteiger charge is -2.06. The SMILES string of the molecule is O=C(CNC(=O)Cc1nc2ccc(-c3ccccc3)cc2s1)Cc1ccc2c(O)cccc2c1. The van der Waals surface area contributed by atoms with Crippen LogP contribution in [0.3, 0.4) is 0 Å². The van der Waals surface area contributed by atoms with Gasteiger partial charge in [0.2, 0.25) is 5.91 Å². The average Bonchev–Trinajstić information content (AvgIpc) is 3.25. The molecular weight excluding hydrogens is 444 g/mol. The van der Waals surface area contributed by atoms with Crippen molar-refractivity contribution < 1.29 is 14.7 Å². The van der Waals surface area contributed by atoms with Crippen molar-refractivity contribution in [3.8, 4) is 16.9 Å². The van der Waals surface area contributed by atoms with Crippen LogP contribution in [0.4, 0.5) is 0 Å². The highest BCUT2D eigenvalue weighted by Crippen LogP contribution is 2.28. The Morgan fingerprint density at radius 1 is 0.853 bits per heavy atom. The minimum Gasteiger partial charge on any atom is -0.507 e. The summed E-state index contributed by atoms with van der Waals surface area (Å²) in [5.41, 5.74) is 3.96. The Balaban J connectivity index is 1.18. The van der Waals surface area contributed by atoms with E-state index in [0.29, 0.717) is 0 Å². The van der Waals surface area contributed by atoms with Crippen molar-refractivity contribution in [2.75, 3.05) is 6.54 Å². The second-order valence-corrected chi connectivity index (χ2v) is 9.27. The van der Waals surface area contributed by atoms with E-state index in [1.807, 2.05) is 54.6 Å². The number of aromatic nitrogens is 1. The van der Waals surface area contributed by atoms with Gasteiger partial charge in [-0.25, -0.2) is 4.98 Å². The first-order valence-corrected chi connectivity index (χ1v) is 11.8. The molecule has 0 bridgehead atoms. The van der Waals surface area contributed by atoms with Crippen LogP contribution in [-0.4, -0.2) is 28.3 Å². The summed E-state index contributed by atoms with van der Waals surface area (Å²) in [6, 6.07) is 27.1. The van der Waals surface area contributed by atoms with Gasteiger partial charge in [0.15, 0.2) is 5.78 Å². The zero-order chi connectivity index (χ0) is 23.5. The molecule has 5 nitrogen and oxygen atoms in total. The topological polar surface area (TPSA) is 79.3 Å². The van der Waals surface area contributed by atoms with E-state index in [4.69, 9.17) is 0 Å². The molecular formula is C28H22N2O3S. The van der Waals surface area contributed by atoms with Gasteiger partial charge in [0.05, 0.1) is 23.2 Å². The molecule has 0 fully saturated rings. The van der Waals surface area contributed by atoms with Crippen LogP contribution in [0.1, 0.15) is 10.6 Å². The van der Waals surface area contributed by atoms with Gasteiger partial charge in [-0.2, -0.15) is 0 Å². The Bertz CT molecular complexity index is 1510. The average molecular weight is 467 g/mol. The number of fused-ring (bicyclic) bond motifs is 2. The monoisotopic (exact) mass is 466 g/mol. The lowest BCUT2D eigenvalue weighted by molar-refractivity contribution is -0.124. The molecule has 0 aliphatic carbocycles. The number of phenolic OH excluding ortho intramolecular Hbond substituents is 1. The standard InChI is InChI=1S/C28H22N2O3S/c31-22(14-18-9-11-23-21(13-18)7-4-8-25(23)32)17-29-27(33)16-28-30-24-12-10-20(15-26(24)34-28)19-5-2-1-3-6-19/h1-13,15,32H,14,16-17H2,(H,29,33). The maximum Gasteiger partial charge on any atom is 0.227 e. The molecule has 0 atom stereocenters. The maximum absolute atomic E-state index is 12.4. The smallest absolute Gasteiger partial charge is 0.227 e. The van der Waals surface area contributed by atoms with Crippen LogP contribution in [0, 0.1) is 0 Å². The molecule has 5 rings (SSSR count). The van der Waals surface area contributed by atoms with Gasteiger partial charge >= 0.3 is 0 Å². The molecule has 1 aromatic heterocycles. The number of amides is 1. The van der Waals surface area contributed by atoms with Crippen molar-refractivity contribution in [2.24, 2.45) is 0 Å². The normalized spacial score (nSPS) is 11.1. The fourth-order valence-corrected chi connectivity index (χ4v) is 4.98. The first-order valence-electron chi connectivity index (χ1n) is 11.0. The molecule has 2 N–H and O–H groups in total. The number of hydrogen-bond donors (Lipinski definition) is 2. The van der Waals surface area contributed by atoms with Gasteiger partial charge in [-0.3, -0.25) is 9.59 Å². The Kier molecular flexibility index (Phi) is 6.06. The second-order valence-electron chi connectivity index (χ2n) is 8.16. The number of rotatable bonds is 7. The number of ketones is 1. The number of nitrogens with zero attached hydrogens (tertiary/aromatic N) is 1. The summed E-state index contributed by atoms with van der Waals surface area (Å²) in [6.45, 7) is -0.0278. The third-order valence-corrected chi connectivity index (χ3v) is 6.68. The van der Waals surface area contributed by atoms with Crippen molar-refractivity contribution in [2.45, 2.75) is 12.8 Å². The van der Waals surface area contributed by atoms with Crippen molar-refractivity contribution >= 4 is 44.0 Å². The Hall–Kier alpha value is -4.03. The molecule has 5 aromatic rings. The summed E-state index contributed by atoms with van der Waals surface area (Å²) in [6.07, 6.45) is 0.359. The summed E-state index contributed by atoms with van der Waals surface area (Å²) in [4.78, 5) is 29.4. The van der Waals surface area contributed by atoms with Crippen molar-refractivity contribution in [3.63, 3.8) is 0 Å². The van der Waals surface area contributed by atoms with Crippen molar-refractivity contribution in [1.29, 1.82) is 0 Å². The summed E-state index contributed by atoms with van der Waals surface area (Å²) in [7, 11) is 0. The van der Waals surface area contributed by atoms with Gasteiger partial charge in [-0.15, -0.1) is 11.3 Å². The number of hydrogen-bond acceptors (Lipinski definition) is 5. The fraction of sp³-hybridized carbons (Fsp3) is 0.107. The van der Waals surface area contributed by atoms with Crippen LogP contribution in [-0.2, 0) is 22.4 Å². The molecule has 1 amide bonds. The molecule has 0 spiro atoms. The van der Waals surface area contributed by atoms with Crippen LogP contribution >= 0.6 is 11.3 Å². The zero-order valence-electron chi connectivity index (χ0n) is 18.3. The zero-order valence-corrected chi connectivity index (χ0v) is 19.1.